The summed E-state index contributed by atoms with van der Waals surface area (Å²) in [4.78, 5) is 14.9. The lowest BCUT2D eigenvalue weighted by molar-refractivity contribution is -0.127. The van der Waals surface area contributed by atoms with Crippen molar-refractivity contribution < 1.29 is 9.18 Å². The number of amides is 1. The Hall–Kier alpha value is -1.17. The minimum absolute atomic E-state index is 0.0759. The lowest BCUT2D eigenvalue weighted by atomic mass is 9.94. The lowest BCUT2D eigenvalue weighted by Crippen LogP contribution is -2.49. The summed E-state index contributed by atoms with van der Waals surface area (Å²) in [6.45, 7) is 3.05. The molecule has 1 aromatic carbocycles. The molecule has 1 aliphatic heterocycles. The number of rotatable bonds is 5. The molecular weight excluding hydrogens is 341 g/mol. The Labute approximate surface area is 153 Å². The van der Waals surface area contributed by atoms with Gasteiger partial charge < -0.3 is 11.1 Å². The zero-order chi connectivity index (χ0) is 17.8. The number of nitrogens with zero attached hydrogens (tertiary/aromatic N) is 1. The molecule has 1 saturated carbocycles. The van der Waals surface area contributed by atoms with E-state index in [0.29, 0.717) is 24.0 Å². The van der Waals surface area contributed by atoms with Crippen LogP contribution in [0.4, 0.5) is 4.39 Å². The fourth-order valence-electron chi connectivity index (χ4n) is 4.18. The van der Waals surface area contributed by atoms with Crippen molar-refractivity contribution in [2.24, 2.45) is 17.6 Å². The molecule has 3 N–H and O–H groups in total. The quantitative estimate of drug-likeness (QED) is 0.841. The van der Waals surface area contributed by atoms with Crippen LogP contribution in [-0.2, 0) is 11.3 Å². The Bertz CT molecular complexity index is 612. The first-order valence-corrected chi connectivity index (χ1v) is 9.61. The highest BCUT2D eigenvalue weighted by molar-refractivity contribution is 6.31. The van der Waals surface area contributed by atoms with Crippen molar-refractivity contribution in [2.45, 2.75) is 44.7 Å². The van der Waals surface area contributed by atoms with Gasteiger partial charge in [-0.15, -0.1) is 0 Å². The molecule has 6 heteroatoms. The van der Waals surface area contributed by atoms with E-state index in [4.69, 9.17) is 17.3 Å². The first-order valence-electron chi connectivity index (χ1n) is 9.23. The van der Waals surface area contributed by atoms with Crippen LogP contribution in [0, 0.1) is 17.7 Å². The van der Waals surface area contributed by atoms with Gasteiger partial charge in [0.1, 0.15) is 5.82 Å². The Morgan fingerprint density at radius 2 is 2.16 bits per heavy atom. The molecular formula is C19H27ClFN3O. The number of hydrogen-bond donors (Lipinski definition) is 2. The Balaban J connectivity index is 1.55. The zero-order valence-electron chi connectivity index (χ0n) is 14.5. The summed E-state index contributed by atoms with van der Waals surface area (Å²) < 4.78 is 13.2. The van der Waals surface area contributed by atoms with Crippen molar-refractivity contribution in [3.8, 4) is 0 Å². The maximum Gasteiger partial charge on any atom is 0.223 e. The molecule has 3 rings (SSSR count). The molecule has 138 valence electrons. The Morgan fingerprint density at radius 1 is 1.32 bits per heavy atom. The van der Waals surface area contributed by atoms with Crippen LogP contribution in [0.3, 0.4) is 0 Å². The third kappa shape index (κ3) is 4.72. The summed E-state index contributed by atoms with van der Waals surface area (Å²) in [7, 11) is 0. The van der Waals surface area contributed by atoms with Crippen molar-refractivity contribution >= 4 is 17.5 Å². The number of benzene rings is 1. The van der Waals surface area contributed by atoms with E-state index in [9.17, 15) is 9.18 Å². The van der Waals surface area contributed by atoms with Gasteiger partial charge in [0.15, 0.2) is 0 Å². The third-order valence-corrected chi connectivity index (χ3v) is 5.91. The van der Waals surface area contributed by atoms with Crippen molar-refractivity contribution in [2.75, 3.05) is 19.6 Å². The van der Waals surface area contributed by atoms with E-state index >= 15 is 0 Å². The van der Waals surface area contributed by atoms with E-state index in [1.165, 1.54) is 12.1 Å². The fraction of sp³-hybridized carbons (Fsp3) is 0.632. The Kier molecular flexibility index (Phi) is 6.31. The van der Waals surface area contributed by atoms with E-state index in [1.807, 2.05) is 0 Å². The summed E-state index contributed by atoms with van der Waals surface area (Å²) in [5.74, 6) is 0.257. The molecule has 0 radical (unpaired) electrons. The van der Waals surface area contributed by atoms with Gasteiger partial charge in [0.25, 0.3) is 0 Å². The molecule has 25 heavy (non-hydrogen) atoms. The van der Waals surface area contributed by atoms with Crippen LogP contribution in [0.15, 0.2) is 18.2 Å². The van der Waals surface area contributed by atoms with Crippen LogP contribution in [0.1, 0.15) is 37.7 Å². The van der Waals surface area contributed by atoms with Gasteiger partial charge in [0, 0.05) is 30.1 Å². The van der Waals surface area contributed by atoms with Crippen molar-refractivity contribution in [3.63, 3.8) is 0 Å². The molecule has 4 nitrogen and oxygen atoms in total. The maximum atomic E-state index is 13.2. The minimum Gasteiger partial charge on any atom is -0.352 e. The number of carbonyl (C=O) groups is 1. The van der Waals surface area contributed by atoms with Gasteiger partial charge in [-0.2, -0.15) is 0 Å². The number of piperidine rings is 1. The fourth-order valence-corrected chi connectivity index (χ4v) is 4.41. The van der Waals surface area contributed by atoms with Gasteiger partial charge in [-0.1, -0.05) is 24.1 Å². The van der Waals surface area contributed by atoms with Gasteiger partial charge in [-0.3, -0.25) is 9.69 Å². The summed E-state index contributed by atoms with van der Waals surface area (Å²) in [5.41, 5.74) is 6.73. The summed E-state index contributed by atoms with van der Waals surface area (Å²) >= 11 is 6.14. The lowest BCUT2D eigenvalue weighted by Gasteiger charge is -2.34. The minimum atomic E-state index is -0.316. The Morgan fingerprint density at radius 3 is 2.92 bits per heavy atom. The predicted molar refractivity (Wildman–Crippen MR) is 97.7 cm³/mol. The van der Waals surface area contributed by atoms with Crippen LogP contribution in [0.5, 0.6) is 0 Å². The average molecular weight is 368 g/mol. The first kappa shape index (κ1) is 18.6. The van der Waals surface area contributed by atoms with Crippen molar-refractivity contribution in [1.29, 1.82) is 0 Å². The zero-order valence-corrected chi connectivity index (χ0v) is 15.3. The van der Waals surface area contributed by atoms with Gasteiger partial charge in [-0.25, -0.2) is 4.39 Å². The molecule has 0 aromatic heterocycles. The van der Waals surface area contributed by atoms with Crippen LogP contribution < -0.4 is 11.1 Å². The number of nitrogens with one attached hydrogen (secondary N) is 1. The largest absolute Gasteiger partial charge is 0.352 e. The molecule has 0 bridgehead atoms. The molecule has 0 spiro atoms. The maximum absolute atomic E-state index is 13.2. The van der Waals surface area contributed by atoms with Gasteiger partial charge in [0.05, 0.1) is 0 Å². The van der Waals surface area contributed by atoms with Crippen molar-refractivity contribution in [3.05, 3.63) is 34.6 Å². The molecule has 1 aromatic rings. The SMILES string of the molecule is NC[C@H]1CCC[C@H]1C(=O)NC1CCCN(Cc2ccc(F)cc2Cl)C1. The molecule has 3 atom stereocenters. The number of likely N-dealkylation sites (tertiary alicyclic amines) is 1. The van der Waals surface area contributed by atoms with Crippen LogP contribution in [0.25, 0.3) is 0 Å². The summed E-state index contributed by atoms with van der Waals surface area (Å²) in [6, 6.07) is 4.70. The average Bonchev–Trinajstić information content (AvgIpc) is 3.07. The number of halogens is 2. The standard InChI is InChI=1S/C19H27ClFN3O/c20-18-9-15(21)7-6-14(18)11-24-8-2-4-16(12-24)23-19(25)17-5-1-3-13(17)10-22/h6-7,9,13,16-17H,1-5,8,10-12,22H2,(H,23,25)/t13-,16?,17-/m1/s1. The number of hydrogen-bond acceptors (Lipinski definition) is 3. The molecule has 1 amide bonds. The van der Waals surface area contributed by atoms with Crippen molar-refractivity contribution in [1.82, 2.24) is 10.2 Å². The highest BCUT2D eigenvalue weighted by atomic mass is 35.5. The highest BCUT2D eigenvalue weighted by Gasteiger charge is 2.33. The first-order chi connectivity index (χ1) is 12.1. The van der Waals surface area contributed by atoms with Gasteiger partial charge >= 0.3 is 0 Å². The van der Waals surface area contributed by atoms with Gasteiger partial charge in [-0.05, 0) is 62.4 Å². The van der Waals surface area contributed by atoms with Gasteiger partial charge in [0.2, 0.25) is 5.91 Å². The van der Waals surface area contributed by atoms with E-state index in [-0.39, 0.29) is 23.7 Å². The second kappa shape index (κ2) is 8.47. The van der Waals surface area contributed by atoms with E-state index < -0.39 is 0 Å². The number of carbonyl (C=O) groups excluding carboxylic acids is 1. The molecule has 2 aliphatic rings. The monoisotopic (exact) mass is 367 g/mol. The smallest absolute Gasteiger partial charge is 0.223 e. The van der Waals surface area contributed by atoms with Crippen LogP contribution >= 0.6 is 11.6 Å². The predicted octanol–water partition coefficient (Wildman–Crippen LogP) is 2.93. The second-order valence-corrected chi connectivity index (χ2v) is 7.76. The topological polar surface area (TPSA) is 58.4 Å². The molecule has 1 unspecified atom stereocenters. The summed E-state index contributed by atoms with van der Waals surface area (Å²) in [6.07, 6.45) is 5.15. The van der Waals surface area contributed by atoms with E-state index in [0.717, 1.165) is 50.8 Å². The number of nitrogens with two attached hydrogens (primary N) is 1. The van der Waals surface area contributed by atoms with E-state index in [2.05, 4.69) is 10.2 Å². The molecule has 1 heterocycles. The second-order valence-electron chi connectivity index (χ2n) is 7.35. The van der Waals surface area contributed by atoms with Crippen LogP contribution in [-0.4, -0.2) is 36.5 Å². The van der Waals surface area contributed by atoms with E-state index in [1.54, 1.807) is 6.07 Å². The third-order valence-electron chi connectivity index (χ3n) is 5.56. The molecule has 1 saturated heterocycles. The highest BCUT2D eigenvalue weighted by Crippen LogP contribution is 2.31. The van der Waals surface area contributed by atoms with Crippen LogP contribution in [0.2, 0.25) is 5.02 Å². The summed E-state index contributed by atoms with van der Waals surface area (Å²) in [5, 5.41) is 3.70. The normalized spacial score (nSPS) is 27.4. The molecule has 2 fully saturated rings. The molecule has 1 aliphatic carbocycles.